The third-order valence-corrected chi connectivity index (χ3v) is 7.02. The summed E-state index contributed by atoms with van der Waals surface area (Å²) in [5.41, 5.74) is 8.12. The number of amides is 1. The van der Waals surface area contributed by atoms with Gasteiger partial charge < -0.3 is 10.6 Å². The fourth-order valence-electron chi connectivity index (χ4n) is 5.07. The highest BCUT2D eigenvalue weighted by atomic mass is 16.1. The van der Waals surface area contributed by atoms with Crippen LogP contribution in [-0.4, -0.2) is 51.0 Å². The van der Waals surface area contributed by atoms with Gasteiger partial charge in [-0.2, -0.15) is 0 Å². The molecule has 10 heteroatoms. The van der Waals surface area contributed by atoms with E-state index >= 15 is 0 Å². The van der Waals surface area contributed by atoms with Crippen LogP contribution in [0, 0.1) is 0 Å². The lowest BCUT2D eigenvalue weighted by Gasteiger charge is -2.26. The molecule has 10 nitrogen and oxygen atoms in total. The number of carbonyl (C=O) groups excluding carboxylic acids is 1. The van der Waals surface area contributed by atoms with Gasteiger partial charge in [0.2, 0.25) is 5.91 Å². The Morgan fingerprint density at radius 2 is 1.98 bits per heavy atom. The van der Waals surface area contributed by atoms with Crippen LogP contribution in [0.5, 0.6) is 0 Å². The van der Waals surface area contributed by atoms with E-state index in [2.05, 4.69) is 42.3 Å². The highest BCUT2D eigenvalue weighted by molar-refractivity contribution is 6.16. The van der Waals surface area contributed by atoms with Crippen molar-refractivity contribution in [2.24, 2.45) is 15.0 Å². The lowest BCUT2D eigenvalue weighted by molar-refractivity contribution is -0.116. The monoisotopic (exact) mass is 555 g/mol. The number of nitrogens with zero attached hydrogens (tertiary/aromatic N) is 7. The highest BCUT2D eigenvalue weighted by Crippen LogP contribution is 2.39. The van der Waals surface area contributed by atoms with Crippen molar-refractivity contribution in [1.29, 1.82) is 0 Å². The molecule has 2 N–H and O–H groups in total. The van der Waals surface area contributed by atoms with E-state index in [-0.39, 0.29) is 11.9 Å². The molecule has 1 amide bonds. The van der Waals surface area contributed by atoms with Crippen LogP contribution in [0.3, 0.4) is 0 Å². The second kappa shape index (κ2) is 12.0. The van der Waals surface area contributed by atoms with E-state index in [1.165, 1.54) is 0 Å². The van der Waals surface area contributed by atoms with E-state index in [4.69, 9.17) is 9.98 Å². The zero-order valence-corrected chi connectivity index (χ0v) is 23.2. The van der Waals surface area contributed by atoms with Gasteiger partial charge in [0.15, 0.2) is 0 Å². The molecule has 0 spiro atoms. The van der Waals surface area contributed by atoms with Gasteiger partial charge in [-0.15, -0.1) is 0 Å². The van der Waals surface area contributed by atoms with Gasteiger partial charge in [0, 0.05) is 65.2 Å². The first-order valence-electron chi connectivity index (χ1n) is 13.8. The summed E-state index contributed by atoms with van der Waals surface area (Å²) in [6, 6.07) is 11.3. The number of aromatic nitrogens is 4. The van der Waals surface area contributed by atoms with Gasteiger partial charge >= 0.3 is 0 Å². The van der Waals surface area contributed by atoms with Crippen molar-refractivity contribution in [2.75, 3.05) is 17.2 Å². The van der Waals surface area contributed by atoms with Crippen LogP contribution in [0.4, 0.5) is 11.5 Å². The summed E-state index contributed by atoms with van der Waals surface area (Å²) in [6.45, 7) is 6.70. The minimum Gasteiger partial charge on any atom is -0.338 e. The SMILES string of the molecule is C=NC1C=C(C2=NCC=NCc3ncc(-c4cncc(NC(=O)CCC)c4)cc32)Nc2nccc(-c3ccccn3)c21. The zero-order valence-electron chi connectivity index (χ0n) is 23.2. The Bertz CT molecular complexity index is 1740. The molecule has 0 radical (unpaired) electrons. The predicted molar refractivity (Wildman–Crippen MR) is 166 cm³/mol. The summed E-state index contributed by atoms with van der Waals surface area (Å²) in [6.07, 6.45) is 13.8. The van der Waals surface area contributed by atoms with Gasteiger partial charge in [-0.25, -0.2) is 4.98 Å². The van der Waals surface area contributed by atoms with Crippen molar-refractivity contribution < 1.29 is 4.79 Å². The summed E-state index contributed by atoms with van der Waals surface area (Å²) in [4.78, 5) is 44.3. The van der Waals surface area contributed by atoms with Crippen LogP contribution < -0.4 is 10.6 Å². The fraction of sp³-hybridized carbons (Fsp3) is 0.188. The average molecular weight is 556 g/mol. The van der Waals surface area contributed by atoms with Gasteiger partial charge in [-0.3, -0.25) is 34.7 Å². The van der Waals surface area contributed by atoms with E-state index in [1.54, 1.807) is 37.2 Å². The number of hydrogen-bond donors (Lipinski definition) is 2. The molecule has 4 aromatic heterocycles. The minimum absolute atomic E-state index is 0.0409. The zero-order chi connectivity index (χ0) is 28.9. The number of hydrogen-bond acceptors (Lipinski definition) is 9. The molecule has 6 heterocycles. The Balaban J connectivity index is 1.40. The molecule has 0 aliphatic carbocycles. The van der Waals surface area contributed by atoms with Gasteiger partial charge in [0.05, 0.1) is 53.8 Å². The maximum Gasteiger partial charge on any atom is 0.224 e. The predicted octanol–water partition coefficient (Wildman–Crippen LogP) is 5.46. The van der Waals surface area contributed by atoms with Crippen LogP contribution in [0.2, 0.25) is 0 Å². The number of nitrogens with one attached hydrogen (secondary N) is 2. The van der Waals surface area contributed by atoms with Gasteiger partial charge in [-0.1, -0.05) is 13.0 Å². The number of allylic oxidation sites excluding steroid dienone is 1. The molecule has 0 bridgehead atoms. The van der Waals surface area contributed by atoms with E-state index < -0.39 is 0 Å². The highest BCUT2D eigenvalue weighted by Gasteiger charge is 2.28. The lowest BCUT2D eigenvalue weighted by atomic mass is 9.92. The van der Waals surface area contributed by atoms with Crippen LogP contribution in [0.15, 0.2) is 94.1 Å². The fourth-order valence-corrected chi connectivity index (χ4v) is 5.07. The van der Waals surface area contributed by atoms with E-state index in [0.717, 1.165) is 57.0 Å². The third-order valence-electron chi connectivity index (χ3n) is 7.02. The molecule has 2 aliphatic heterocycles. The van der Waals surface area contributed by atoms with E-state index in [9.17, 15) is 4.79 Å². The summed E-state index contributed by atoms with van der Waals surface area (Å²) < 4.78 is 0. The second-order valence-corrected chi connectivity index (χ2v) is 9.86. The molecule has 208 valence electrons. The van der Waals surface area contributed by atoms with Crippen molar-refractivity contribution in [3.63, 3.8) is 0 Å². The molecule has 42 heavy (non-hydrogen) atoms. The van der Waals surface area contributed by atoms with Gasteiger partial charge in [-0.05, 0) is 49.5 Å². The molecular weight excluding hydrogens is 526 g/mol. The summed E-state index contributed by atoms with van der Waals surface area (Å²) in [5.74, 6) is 0.637. The first-order valence-corrected chi connectivity index (χ1v) is 13.8. The van der Waals surface area contributed by atoms with Crippen molar-refractivity contribution >= 4 is 36.1 Å². The maximum atomic E-state index is 12.2. The normalized spacial score (nSPS) is 15.6. The van der Waals surface area contributed by atoms with Crippen molar-refractivity contribution in [3.05, 3.63) is 96.0 Å². The van der Waals surface area contributed by atoms with Gasteiger partial charge in [0.1, 0.15) is 5.82 Å². The quantitative estimate of drug-likeness (QED) is 0.291. The molecule has 2 aliphatic rings. The molecule has 0 saturated heterocycles. The van der Waals surface area contributed by atoms with Crippen LogP contribution >= 0.6 is 0 Å². The molecule has 4 aromatic rings. The summed E-state index contributed by atoms with van der Waals surface area (Å²) in [7, 11) is 0. The number of fused-ring (bicyclic) bond motifs is 2. The van der Waals surface area contributed by atoms with Crippen molar-refractivity contribution in [3.8, 4) is 22.4 Å². The van der Waals surface area contributed by atoms with E-state index in [1.807, 2.05) is 49.4 Å². The van der Waals surface area contributed by atoms with Crippen molar-refractivity contribution in [2.45, 2.75) is 32.4 Å². The Kier molecular flexibility index (Phi) is 7.67. The largest absolute Gasteiger partial charge is 0.338 e. The van der Waals surface area contributed by atoms with Crippen LogP contribution in [0.25, 0.3) is 22.4 Å². The minimum atomic E-state index is -0.365. The Hall–Kier alpha value is -5.38. The molecule has 1 atom stereocenters. The maximum absolute atomic E-state index is 12.2. The molecular formula is C32H29N9O. The van der Waals surface area contributed by atoms with Crippen LogP contribution in [0.1, 0.15) is 42.6 Å². The second-order valence-electron chi connectivity index (χ2n) is 9.86. The molecule has 0 saturated carbocycles. The first-order chi connectivity index (χ1) is 20.6. The standard InChI is InChI=1S/C32H29N9O/c1-3-6-29(42)40-22-13-20(16-35-18-22)21-14-24-28(39-17-21)19-34-11-12-37-31(24)27-15-26(33-2)30-23(8-10-38-32(30)41-27)25-7-4-5-9-36-25/h4-5,7-11,13-18,26H,2-3,6,12,19H2,1H3,(H,38,41)(H,40,42). The lowest BCUT2D eigenvalue weighted by Crippen LogP contribution is -2.23. The number of rotatable bonds is 7. The molecule has 0 fully saturated rings. The number of anilines is 2. The Morgan fingerprint density at radius 3 is 2.81 bits per heavy atom. The Labute approximate surface area is 243 Å². The van der Waals surface area contributed by atoms with Gasteiger partial charge in [0.25, 0.3) is 0 Å². The van der Waals surface area contributed by atoms with Crippen LogP contribution in [-0.2, 0) is 11.3 Å². The summed E-state index contributed by atoms with van der Waals surface area (Å²) >= 11 is 0. The molecule has 0 aromatic carbocycles. The average Bonchev–Trinajstić information content (AvgIpc) is 3.01. The molecule has 6 rings (SSSR count). The first kappa shape index (κ1) is 26.8. The number of aliphatic imine (C=N–C) groups is 3. The number of carbonyl (C=O) groups is 1. The molecule has 1 unspecified atom stereocenters. The summed E-state index contributed by atoms with van der Waals surface area (Å²) in [5, 5.41) is 6.42. The number of pyridine rings is 4. The third kappa shape index (κ3) is 5.46. The van der Waals surface area contributed by atoms with Crippen molar-refractivity contribution in [1.82, 2.24) is 19.9 Å². The smallest absolute Gasteiger partial charge is 0.224 e. The Morgan fingerprint density at radius 1 is 1.07 bits per heavy atom. The van der Waals surface area contributed by atoms with E-state index in [0.29, 0.717) is 31.0 Å². The topological polar surface area (TPSA) is 130 Å².